The molecule has 4 N–H and O–H groups in total. The van der Waals surface area contributed by atoms with E-state index in [1.165, 1.54) is 11.3 Å². The number of nitrogens with zero attached hydrogens (tertiary/aromatic N) is 1. The van der Waals surface area contributed by atoms with Gasteiger partial charge < -0.3 is 15.8 Å². The lowest BCUT2D eigenvalue weighted by atomic mass is 10.0. The van der Waals surface area contributed by atoms with Crippen LogP contribution in [0.15, 0.2) is 11.4 Å². The number of hydrogen-bond acceptors (Lipinski definition) is 5. The molecule has 2 amide bonds. The van der Waals surface area contributed by atoms with Crippen molar-refractivity contribution in [2.24, 2.45) is 11.1 Å². The van der Waals surface area contributed by atoms with E-state index >= 15 is 0 Å². The summed E-state index contributed by atoms with van der Waals surface area (Å²) in [6.45, 7) is 6.60. The van der Waals surface area contributed by atoms with Crippen molar-refractivity contribution in [2.75, 3.05) is 6.54 Å². The van der Waals surface area contributed by atoms with Crippen LogP contribution in [0.1, 0.15) is 57.0 Å². The predicted octanol–water partition coefficient (Wildman–Crippen LogP) is 3.24. The van der Waals surface area contributed by atoms with Gasteiger partial charge in [-0.2, -0.15) is 0 Å². The maximum absolute atomic E-state index is 14.0. The number of nitrogens with one attached hydrogen (secondary N) is 2. The second kappa shape index (κ2) is 6.93. The average molecular weight is 429 g/mol. The molecular weight excluding hydrogens is 402 g/mol. The third kappa shape index (κ3) is 4.22. The molecule has 0 bridgehead atoms. The van der Waals surface area contributed by atoms with Gasteiger partial charge in [-0.3, -0.25) is 15.1 Å². The van der Waals surface area contributed by atoms with Crippen LogP contribution in [0.25, 0.3) is 0 Å². The summed E-state index contributed by atoms with van der Waals surface area (Å²) in [6.07, 6.45) is -1.19. The second-order valence-corrected chi connectivity index (χ2v) is 9.81. The van der Waals surface area contributed by atoms with Crippen molar-refractivity contribution in [3.8, 4) is 0 Å². The Morgan fingerprint density at radius 1 is 1.45 bits per heavy atom. The number of nitrogen functional groups attached to an aromatic ring is 1. The van der Waals surface area contributed by atoms with Crippen molar-refractivity contribution < 1.29 is 23.1 Å². The first kappa shape index (κ1) is 21.5. The van der Waals surface area contributed by atoms with Crippen LogP contribution in [0.4, 0.5) is 13.6 Å². The minimum absolute atomic E-state index is 0.0733. The lowest BCUT2D eigenvalue weighted by Crippen LogP contribution is -2.48. The highest BCUT2D eigenvalue weighted by Gasteiger charge is 2.75. The fraction of sp³-hybridized carbons (Fsp3) is 0.632. The monoisotopic (exact) mass is 428 g/mol. The van der Waals surface area contributed by atoms with E-state index in [1.54, 1.807) is 39.1 Å². The number of carbonyl (C=O) groups is 2. The van der Waals surface area contributed by atoms with Gasteiger partial charge in [-0.15, -0.1) is 11.3 Å². The number of alkyl halides is 2. The molecule has 1 aliphatic carbocycles. The summed E-state index contributed by atoms with van der Waals surface area (Å²) in [7, 11) is 0. The molecule has 0 unspecified atom stereocenters. The summed E-state index contributed by atoms with van der Waals surface area (Å²) < 4.78 is 33.3. The van der Waals surface area contributed by atoms with Crippen LogP contribution in [-0.4, -0.2) is 46.8 Å². The number of rotatable bonds is 4. The van der Waals surface area contributed by atoms with Gasteiger partial charge in [-0.25, -0.2) is 13.6 Å². The number of nitrogens with two attached hydrogens (primary N) is 1. The van der Waals surface area contributed by atoms with E-state index < -0.39 is 41.0 Å². The number of thiophene rings is 1. The first-order valence-electron chi connectivity index (χ1n) is 9.35. The molecule has 10 heteroatoms. The summed E-state index contributed by atoms with van der Waals surface area (Å²) in [6, 6.07) is 0.264. The number of ether oxygens (including phenoxy) is 1. The zero-order valence-electron chi connectivity index (χ0n) is 16.8. The van der Waals surface area contributed by atoms with E-state index in [0.717, 1.165) is 9.78 Å². The molecule has 29 heavy (non-hydrogen) atoms. The third-order valence-corrected chi connectivity index (χ3v) is 6.41. The van der Waals surface area contributed by atoms with Gasteiger partial charge in [0.2, 0.25) is 5.91 Å². The Morgan fingerprint density at radius 3 is 2.55 bits per heavy atom. The molecule has 2 aliphatic rings. The van der Waals surface area contributed by atoms with Gasteiger partial charge in [-0.05, 0) is 40.2 Å². The number of amides is 2. The standard InChI is InChI=1S/C19H26F2N4O3S/c1-10(13-5-11(7-29-13)14(22)23)24-15(26)12-6-18(8-19(18,20)21)9-25(12)16(27)28-17(2,3)4/h5,7,10,12H,6,8-9H2,1-4H3,(H3,22,23)(H,24,26)/t10-,12+,18+/m1/s1. The Morgan fingerprint density at radius 2 is 2.07 bits per heavy atom. The van der Waals surface area contributed by atoms with Gasteiger partial charge in [0.05, 0.1) is 11.5 Å². The maximum Gasteiger partial charge on any atom is 0.410 e. The van der Waals surface area contributed by atoms with Crippen LogP contribution >= 0.6 is 11.3 Å². The molecule has 7 nitrogen and oxygen atoms in total. The van der Waals surface area contributed by atoms with Crippen molar-refractivity contribution in [1.82, 2.24) is 10.2 Å². The van der Waals surface area contributed by atoms with Gasteiger partial charge in [0.15, 0.2) is 0 Å². The summed E-state index contributed by atoms with van der Waals surface area (Å²) in [5, 5.41) is 12.0. The minimum Gasteiger partial charge on any atom is -0.444 e. The number of carbonyl (C=O) groups excluding carboxylic acids is 2. The maximum atomic E-state index is 14.0. The molecule has 1 aromatic rings. The highest BCUT2D eigenvalue weighted by Crippen LogP contribution is 2.66. The van der Waals surface area contributed by atoms with E-state index in [9.17, 15) is 18.4 Å². The van der Waals surface area contributed by atoms with E-state index in [4.69, 9.17) is 15.9 Å². The Labute approximate surface area is 172 Å². The van der Waals surface area contributed by atoms with Crippen molar-refractivity contribution in [3.63, 3.8) is 0 Å². The van der Waals surface area contributed by atoms with Crippen molar-refractivity contribution in [1.29, 1.82) is 5.41 Å². The summed E-state index contributed by atoms with van der Waals surface area (Å²) >= 11 is 1.34. The van der Waals surface area contributed by atoms with Crippen LogP contribution in [0, 0.1) is 10.8 Å². The van der Waals surface area contributed by atoms with E-state index in [2.05, 4.69) is 5.32 Å². The normalized spacial score (nSPS) is 26.3. The number of hydrogen-bond donors (Lipinski definition) is 3. The molecule has 3 atom stereocenters. The Kier molecular flexibility index (Phi) is 5.13. The SMILES string of the molecule is C[C@@H](NC(=O)[C@@H]1C[C@@]2(CN1C(=O)OC(C)(C)C)CC2(F)F)c1cc(C(=N)N)cs1. The molecule has 1 aromatic heterocycles. The van der Waals surface area contributed by atoms with Crippen LogP contribution in [-0.2, 0) is 9.53 Å². The van der Waals surface area contributed by atoms with Gasteiger partial charge >= 0.3 is 6.09 Å². The zero-order valence-corrected chi connectivity index (χ0v) is 17.7. The molecule has 1 saturated heterocycles. The van der Waals surface area contributed by atoms with Crippen molar-refractivity contribution >= 4 is 29.2 Å². The van der Waals surface area contributed by atoms with Crippen molar-refractivity contribution in [3.05, 3.63) is 21.9 Å². The van der Waals surface area contributed by atoms with Gasteiger partial charge in [0.1, 0.15) is 17.5 Å². The highest BCUT2D eigenvalue weighted by molar-refractivity contribution is 7.10. The molecule has 2 heterocycles. The molecule has 2 fully saturated rings. The molecule has 0 aromatic carbocycles. The Balaban J connectivity index is 1.75. The lowest BCUT2D eigenvalue weighted by Gasteiger charge is -2.28. The summed E-state index contributed by atoms with van der Waals surface area (Å²) in [4.78, 5) is 27.4. The van der Waals surface area contributed by atoms with Gasteiger partial charge in [0.25, 0.3) is 5.92 Å². The fourth-order valence-electron chi connectivity index (χ4n) is 3.60. The Bertz CT molecular complexity index is 851. The third-order valence-electron chi connectivity index (χ3n) is 5.29. The first-order valence-corrected chi connectivity index (χ1v) is 10.2. The number of likely N-dealkylation sites (tertiary alicyclic amines) is 1. The largest absolute Gasteiger partial charge is 0.444 e. The van der Waals surface area contributed by atoms with Crippen LogP contribution in [0.5, 0.6) is 0 Å². The summed E-state index contributed by atoms with van der Waals surface area (Å²) in [5.41, 5.74) is 3.87. The number of halogens is 2. The summed E-state index contributed by atoms with van der Waals surface area (Å²) in [5.74, 6) is -3.45. The lowest BCUT2D eigenvalue weighted by molar-refractivity contribution is -0.126. The van der Waals surface area contributed by atoms with Crippen molar-refractivity contribution in [2.45, 2.75) is 64.1 Å². The zero-order chi connectivity index (χ0) is 21.8. The molecular formula is C19H26F2N4O3S. The predicted molar refractivity (Wildman–Crippen MR) is 105 cm³/mol. The van der Waals surface area contributed by atoms with E-state index in [1.807, 2.05) is 0 Å². The highest BCUT2D eigenvalue weighted by atomic mass is 32.1. The van der Waals surface area contributed by atoms with Crippen LogP contribution in [0.3, 0.4) is 0 Å². The molecule has 160 valence electrons. The minimum atomic E-state index is -2.88. The molecule has 3 rings (SSSR count). The van der Waals surface area contributed by atoms with Gasteiger partial charge in [0, 0.05) is 28.8 Å². The molecule has 1 aliphatic heterocycles. The average Bonchev–Trinajstić information content (AvgIpc) is 2.99. The first-order chi connectivity index (χ1) is 13.2. The molecule has 0 radical (unpaired) electrons. The van der Waals surface area contributed by atoms with Gasteiger partial charge in [-0.1, -0.05) is 0 Å². The van der Waals surface area contributed by atoms with Crippen LogP contribution in [0.2, 0.25) is 0 Å². The second-order valence-electron chi connectivity index (χ2n) is 8.87. The van der Waals surface area contributed by atoms with E-state index in [-0.39, 0.29) is 25.2 Å². The number of amidine groups is 1. The molecule has 1 spiro atoms. The van der Waals surface area contributed by atoms with E-state index in [0.29, 0.717) is 5.56 Å². The molecule has 1 saturated carbocycles. The quantitative estimate of drug-likeness (QED) is 0.505. The smallest absolute Gasteiger partial charge is 0.410 e. The fourth-order valence-corrected chi connectivity index (χ4v) is 4.52. The topological polar surface area (TPSA) is 109 Å². The van der Waals surface area contributed by atoms with Crippen LogP contribution < -0.4 is 11.1 Å². The Hall–Kier alpha value is -2.23.